The topological polar surface area (TPSA) is 72.2 Å². The van der Waals surface area contributed by atoms with Crippen LogP contribution in [0.25, 0.3) is 0 Å². The average Bonchev–Trinajstić information content (AvgIpc) is 2.26. The molecule has 86 valence electrons. The van der Waals surface area contributed by atoms with Gasteiger partial charge in [0.1, 0.15) is 5.38 Å². The Labute approximate surface area is 97.6 Å². The van der Waals surface area contributed by atoms with Gasteiger partial charge >= 0.3 is 0 Å². The van der Waals surface area contributed by atoms with Crippen LogP contribution in [0.2, 0.25) is 0 Å². The minimum Gasteiger partial charge on any atom is -0.351 e. The van der Waals surface area contributed by atoms with Crippen LogP contribution in [0.3, 0.4) is 0 Å². The van der Waals surface area contributed by atoms with Gasteiger partial charge in [-0.25, -0.2) is 0 Å². The van der Waals surface area contributed by atoms with Gasteiger partial charge in [0.15, 0.2) is 0 Å². The third-order valence-corrected chi connectivity index (χ3v) is 2.15. The van der Waals surface area contributed by atoms with Crippen molar-refractivity contribution in [2.45, 2.75) is 18.8 Å². The van der Waals surface area contributed by atoms with Gasteiger partial charge < -0.3 is 5.32 Å². The van der Waals surface area contributed by atoms with Crippen LogP contribution in [0.1, 0.15) is 12.5 Å². The Hall–Kier alpha value is -1.62. The van der Waals surface area contributed by atoms with E-state index in [1.165, 1.54) is 12.1 Å². The molecule has 6 heteroatoms. The molecule has 0 saturated heterocycles. The van der Waals surface area contributed by atoms with E-state index in [-0.39, 0.29) is 18.1 Å². The van der Waals surface area contributed by atoms with Gasteiger partial charge in [0.05, 0.1) is 4.92 Å². The number of halogens is 1. The van der Waals surface area contributed by atoms with E-state index in [0.29, 0.717) is 5.56 Å². The Balaban J connectivity index is 2.64. The highest BCUT2D eigenvalue weighted by molar-refractivity contribution is 6.30. The maximum Gasteiger partial charge on any atom is 0.269 e. The highest BCUT2D eigenvalue weighted by Crippen LogP contribution is 2.12. The molecule has 0 radical (unpaired) electrons. The molecule has 0 saturated carbocycles. The van der Waals surface area contributed by atoms with Crippen molar-refractivity contribution in [3.05, 3.63) is 39.9 Å². The quantitative estimate of drug-likeness (QED) is 0.497. The van der Waals surface area contributed by atoms with Crippen LogP contribution in [-0.4, -0.2) is 16.2 Å². The lowest BCUT2D eigenvalue weighted by molar-refractivity contribution is -0.384. The van der Waals surface area contributed by atoms with Gasteiger partial charge in [0.25, 0.3) is 5.69 Å². The minimum absolute atomic E-state index is 0.00525. The van der Waals surface area contributed by atoms with E-state index in [1.54, 1.807) is 19.1 Å². The lowest BCUT2D eigenvalue weighted by Crippen LogP contribution is -2.28. The summed E-state index contributed by atoms with van der Waals surface area (Å²) in [5.41, 5.74) is 0.672. The number of nitro groups is 1. The maximum absolute atomic E-state index is 11.2. The number of nitrogens with one attached hydrogen (secondary N) is 1. The lowest BCUT2D eigenvalue weighted by Gasteiger charge is -2.06. The molecule has 1 N–H and O–H groups in total. The van der Waals surface area contributed by atoms with Crippen molar-refractivity contribution in [3.8, 4) is 0 Å². The normalized spacial score (nSPS) is 11.9. The van der Waals surface area contributed by atoms with E-state index in [2.05, 4.69) is 5.32 Å². The van der Waals surface area contributed by atoms with Crippen LogP contribution in [0, 0.1) is 10.1 Å². The van der Waals surface area contributed by atoms with Crippen LogP contribution in [0.4, 0.5) is 5.69 Å². The van der Waals surface area contributed by atoms with Crippen LogP contribution in [0.5, 0.6) is 0 Å². The molecule has 0 fully saturated rings. The zero-order valence-electron chi connectivity index (χ0n) is 8.64. The highest BCUT2D eigenvalue weighted by atomic mass is 35.5. The number of carbonyl (C=O) groups excluding carboxylic acids is 1. The largest absolute Gasteiger partial charge is 0.351 e. The van der Waals surface area contributed by atoms with E-state index in [0.717, 1.165) is 0 Å². The summed E-state index contributed by atoms with van der Waals surface area (Å²) in [5, 5.41) is 12.5. The van der Waals surface area contributed by atoms with Crippen molar-refractivity contribution in [1.29, 1.82) is 0 Å². The fourth-order valence-electron chi connectivity index (χ4n) is 1.11. The summed E-state index contributed by atoms with van der Waals surface area (Å²) >= 11 is 5.56. The zero-order chi connectivity index (χ0) is 12.1. The average molecular weight is 243 g/mol. The second kappa shape index (κ2) is 5.46. The van der Waals surface area contributed by atoms with E-state index < -0.39 is 10.3 Å². The molecule has 5 nitrogen and oxygen atoms in total. The molecule has 0 aromatic heterocycles. The van der Waals surface area contributed by atoms with Crippen LogP contribution >= 0.6 is 11.6 Å². The summed E-state index contributed by atoms with van der Waals surface area (Å²) in [4.78, 5) is 21.2. The molecule has 0 aliphatic carbocycles. The summed E-state index contributed by atoms with van der Waals surface area (Å²) in [7, 11) is 0. The Morgan fingerprint density at radius 1 is 1.62 bits per heavy atom. The Bertz CT molecular complexity index is 407. The van der Waals surface area contributed by atoms with Crippen molar-refractivity contribution in [1.82, 2.24) is 5.32 Å². The van der Waals surface area contributed by atoms with Gasteiger partial charge in [-0.3, -0.25) is 14.9 Å². The monoisotopic (exact) mass is 242 g/mol. The fraction of sp³-hybridized carbons (Fsp3) is 0.300. The first kappa shape index (κ1) is 12.4. The molecule has 1 aromatic carbocycles. The van der Waals surface area contributed by atoms with Gasteiger partial charge in [0, 0.05) is 18.7 Å². The summed E-state index contributed by atoms with van der Waals surface area (Å²) in [5.74, 6) is -0.298. The first-order chi connectivity index (χ1) is 7.50. The molecular weight excluding hydrogens is 232 g/mol. The number of rotatable bonds is 4. The summed E-state index contributed by atoms with van der Waals surface area (Å²) < 4.78 is 0. The third kappa shape index (κ3) is 3.51. The molecule has 0 spiro atoms. The number of hydrogen-bond acceptors (Lipinski definition) is 3. The number of alkyl halides is 1. The first-order valence-corrected chi connectivity index (χ1v) is 5.09. The third-order valence-electron chi connectivity index (χ3n) is 1.95. The predicted molar refractivity (Wildman–Crippen MR) is 60.3 cm³/mol. The Morgan fingerprint density at radius 3 is 2.88 bits per heavy atom. The van der Waals surface area contributed by atoms with Crippen molar-refractivity contribution in [2.24, 2.45) is 0 Å². The summed E-state index contributed by atoms with van der Waals surface area (Å²) in [6, 6.07) is 6.09. The first-order valence-electron chi connectivity index (χ1n) is 4.66. The molecule has 0 heterocycles. The molecule has 1 aromatic rings. The fourth-order valence-corrected chi connectivity index (χ4v) is 1.19. The number of amides is 1. The van der Waals surface area contributed by atoms with Gasteiger partial charge in [-0.05, 0) is 12.5 Å². The van der Waals surface area contributed by atoms with Gasteiger partial charge in [-0.2, -0.15) is 0 Å². The van der Waals surface area contributed by atoms with Crippen molar-refractivity contribution < 1.29 is 9.72 Å². The maximum atomic E-state index is 11.2. The van der Waals surface area contributed by atoms with E-state index >= 15 is 0 Å². The number of nitrogens with zero attached hydrogens (tertiary/aromatic N) is 1. The predicted octanol–water partition coefficient (Wildman–Crippen LogP) is 1.84. The van der Waals surface area contributed by atoms with Crippen molar-refractivity contribution in [2.75, 3.05) is 0 Å². The van der Waals surface area contributed by atoms with Crippen LogP contribution < -0.4 is 5.32 Å². The van der Waals surface area contributed by atoms with E-state index in [4.69, 9.17) is 11.6 Å². The summed E-state index contributed by atoms with van der Waals surface area (Å²) in [6.45, 7) is 1.79. The second-order valence-electron chi connectivity index (χ2n) is 3.26. The van der Waals surface area contributed by atoms with Gasteiger partial charge in [-0.15, -0.1) is 11.6 Å². The Kier molecular flexibility index (Phi) is 4.25. The van der Waals surface area contributed by atoms with E-state index in [1.807, 2.05) is 0 Å². The van der Waals surface area contributed by atoms with E-state index in [9.17, 15) is 14.9 Å². The SMILES string of the molecule is CC(Cl)C(=O)NCc1cccc([N+](=O)[O-])c1. The molecule has 1 rings (SSSR count). The van der Waals surface area contributed by atoms with Gasteiger partial charge in [-0.1, -0.05) is 12.1 Å². The number of hydrogen-bond donors (Lipinski definition) is 1. The Morgan fingerprint density at radius 2 is 2.31 bits per heavy atom. The molecule has 0 bridgehead atoms. The number of carbonyl (C=O) groups is 1. The molecule has 1 amide bonds. The molecular formula is C10H11ClN2O3. The lowest BCUT2D eigenvalue weighted by atomic mass is 10.2. The number of non-ortho nitro benzene ring substituents is 1. The minimum atomic E-state index is -0.612. The second-order valence-corrected chi connectivity index (χ2v) is 3.92. The van der Waals surface area contributed by atoms with Gasteiger partial charge in [0.2, 0.25) is 5.91 Å². The molecule has 16 heavy (non-hydrogen) atoms. The molecule has 1 atom stereocenters. The number of nitro benzene ring substituents is 1. The molecule has 1 unspecified atom stereocenters. The smallest absolute Gasteiger partial charge is 0.269 e. The zero-order valence-corrected chi connectivity index (χ0v) is 9.40. The van der Waals surface area contributed by atoms with Crippen LogP contribution in [-0.2, 0) is 11.3 Å². The van der Waals surface area contributed by atoms with Crippen LogP contribution in [0.15, 0.2) is 24.3 Å². The highest BCUT2D eigenvalue weighted by Gasteiger charge is 2.09. The van der Waals surface area contributed by atoms with Crippen molar-refractivity contribution >= 4 is 23.2 Å². The van der Waals surface area contributed by atoms with Crippen molar-refractivity contribution in [3.63, 3.8) is 0 Å². The standard InChI is InChI=1S/C10H11ClN2O3/c1-7(11)10(14)12-6-8-3-2-4-9(5-8)13(15)16/h2-5,7H,6H2,1H3,(H,12,14). The summed E-state index contributed by atoms with van der Waals surface area (Å²) in [6.07, 6.45) is 0. The molecule has 0 aliphatic heterocycles. The number of benzene rings is 1. The molecule has 0 aliphatic rings.